The smallest absolute Gasteiger partial charge is 0.408 e. The van der Waals surface area contributed by atoms with E-state index in [2.05, 4.69) is 15.7 Å². The maximum absolute atomic E-state index is 12.1. The summed E-state index contributed by atoms with van der Waals surface area (Å²) in [6, 6.07) is 9.11. The van der Waals surface area contributed by atoms with Gasteiger partial charge in [-0.3, -0.25) is 10.2 Å². The van der Waals surface area contributed by atoms with E-state index in [1.165, 1.54) is 11.3 Å². The summed E-state index contributed by atoms with van der Waals surface area (Å²) in [5, 5.41) is 4.83. The Morgan fingerprint density at radius 1 is 1.28 bits per heavy atom. The third kappa shape index (κ3) is 5.84. The molecule has 7 nitrogen and oxygen atoms in total. The second-order valence-electron chi connectivity index (χ2n) is 5.94. The molecule has 0 aliphatic carbocycles. The van der Waals surface area contributed by atoms with Gasteiger partial charge in [0.1, 0.15) is 6.61 Å². The van der Waals surface area contributed by atoms with Gasteiger partial charge in [0.25, 0.3) is 5.91 Å². The van der Waals surface area contributed by atoms with E-state index in [0.29, 0.717) is 18.0 Å². The predicted molar refractivity (Wildman–Crippen MR) is 95.7 cm³/mol. The van der Waals surface area contributed by atoms with Crippen LogP contribution in [0, 0.1) is 5.92 Å². The SMILES string of the molecule is CC(C)CC(NC(=O)OCc1ccccc1)c1csc(C(=O)NN)n1. The van der Waals surface area contributed by atoms with Crippen LogP contribution in [-0.2, 0) is 11.3 Å². The molecule has 1 unspecified atom stereocenters. The molecule has 0 saturated heterocycles. The summed E-state index contributed by atoms with van der Waals surface area (Å²) >= 11 is 1.18. The van der Waals surface area contributed by atoms with Gasteiger partial charge in [-0.25, -0.2) is 15.6 Å². The summed E-state index contributed by atoms with van der Waals surface area (Å²) in [6.07, 6.45) is 0.153. The van der Waals surface area contributed by atoms with Gasteiger partial charge in [-0.15, -0.1) is 11.3 Å². The molecule has 2 aromatic rings. The van der Waals surface area contributed by atoms with E-state index in [9.17, 15) is 9.59 Å². The summed E-state index contributed by atoms with van der Waals surface area (Å²) in [4.78, 5) is 27.9. The molecule has 25 heavy (non-hydrogen) atoms. The molecule has 2 rings (SSSR count). The number of thiazole rings is 1. The lowest BCUT2D eigenvalue weighted by Gasteiger charge is -2.18. The Balaban J connectivity index is 2.00. The minimum atomic E-state index is -0.521. The van der Waals surface area contributed by atoms with Crippen LogP contribution >= 0.6 is 11.3 Å². The van der Waals surface area contributed by atoms with Crippen molar-refractivity contribution in [1.29, 1.82) is 0 Å². The van der Waals surface area contributed by atoms with Crippen molar-refractivity contribution in [2.75, 3.05) is 0 Å². The van der Waals surface area contributed by atoms with Gasteiger partial charge in [0, 0.05) is 5.38 Å². The molecule has 1 aromatic heterocycles. The highest BCUT2D eigenvalue weighted by Gasteiger charge is 2.21. The number of hydrazine groups is 1. The van der Waals surface area contributed by atoms with Crippen LogP contribution in [0.1, 0.15) is 47.4 Å². The Kier molecular flexibility index (Phi) is 6.91. The fourth-order valence-electron chi connectivity index (χ4n) is 2.24. The molecule has 0 fully saturated rings. The van der Waals surface area contributed by atoms with Gasteiger partial charge in [0.15, 0.2) is 5.01 Å². The topological polar surface area (TPSA) is 106 Å². The number of hydrogen-bond acceptors (Lipinski definition) is 6. The number of nitrogen functional groups attached to an aromatic ring is 1. The summed E-state index contributed by atoms with van der Waals surface area (Å²) in [5.41, 5.74) is 3.58. The molecule has 0 aliphatic heterocycles. The van der Waals surface area contributed by atoms with E-state index in [0.717, 1.165) is 5.56 Å². The average Bonchev–Trinajstić information content (AvgIpc) is 3.09. The van der Waals surface area contributed by atoms with Crippen LogP contribution in [0.25, 0.3) is 0 Å². The second-order valence-corrected chi connectivity index (χ2v) is 6.80. The largest absolute Gasteiger partial charge is 0.445 e. The molecular weight excluding hydrogens is 340 g/mol. The maximum Gasteiger partial charge on any atom is 0.408 e. The van der Waals surface area contributed by atoms with E-state index < -0.39 is 12.0 Å². The standard InChI is InChI=1S/C17H22N4O3S/c1-11(2)8-13(14-10-25-16(19-14)15(22)21-18)20-17(23)24-9-12-6-4-3-5-7-12/h3-7,10-11,13H,8-9,18H2,1-2H3,(H,20,23)(H,21,22). The number of aromatic nitrogens is 1. The molecule has 2 amide bonds. The number of carbonyl (C=O) groups excluding carboxylic acids is 2. The highest BCUT2D eigenvalue weighted by atomic mass is 32.1. The van der Waals surface area contributed by atoms with E-state index in [-0.39, 0.29) is 17.7 Å². The number of benzene rings is 1. The van der Waals surface area contributed by atoms with Crippen molar-refractivity contribution in [3.8, 4) is 0 Å². The van der Waals surface area contributed by atoms with Gasteiger partial charge in [-0.1, -0.05) is 44.2 Å². The van der Waals surface area contributed by atoms with Gasteiger partial charge in [-0.05, 0) is 17.9 Å². The fourth-order valence-corrected chi connectivity index (χ4v) is 3.02. The molecule has 0 saturated carbocycles. The molecule has 4 N–H and O–H groups in total. The monoisotopic (exact) mass is 362 g/mol. The van der Waals surface area contributed by atoms with E-state index in [1.807, 2.05) is 44.2 Å². The van der Waals surface area contributed by atoms with Gasteiger partial charge >= 0.3 is 6.09 Å². The second kappa shape index (κ2) is 9.14. The molecular formula is C17H22N4O3S. The average molecular weight is 362 g/mol. The summed E-state index contributed by atoms with van der Waals surface area (Å²) in [7, 11) is 0. The van der Waals surface area contributed by atoms with Crippen molar-refractivity contribution in [2.45, 2.75) is 32.9 Å². The molecule has 134 valence electrons. The summed E-state index contributed by atoms with van der Waals surface area (Å²) in [5.74, 6) is 5.00. The lowest BCUT2D eigenvalue weighted by atomic mass is 10.0. The number of alkyl carbamates (subject to hydrolysis) is 1. The fraction of sp³-hybridized carbons (Fsp3) is 0.353. The molecule has 1 atom stereocenters. The molecule has 8 heteroatoms. The van der Waals surface area contributed by atoms with Crippen molar-refractivity contribution < 1.29 is 14.3 Å². The van der Waals surface area contributed by atoms with Crippen LogP contribution in [0.2, 0.25) is 0 Å². The molecule has 1 aromatic carbocycles. The zero-order valence-electron chi connectivity index (χ0n) is 14.2. The minimum Gasteiger partial charge on any atom is -0.445 e. The zero-order chi connectivity index (χ0) is 18.2. The van der Waals surface area contributed by atoms with Crippen LogP contribution in [0.3, 0.4) is 0 Å². The van der Waals surface area contributed by atoms with Gasteiger partial charge in [0.05, 0.1) is 11.7 Å². The Morgan fingerprint density at radius 3 is 2.64 bits per heavy atom. The molecule has 0 spiro atoms. The maximum atomic E-state index is 12.1. The highest BCUT2D eigenvalue weighted by molar-refractivity contribution is 7.11. The number of ether oxygens (including phenoxy) is 1. The van der Waals surface area contributed by atoms with Gasteiger partial charge < -0.3 is 10.1 Å². The molecule has 1 heterocycles. The first-order chi connectivity index (χ1) is 12.0. The molecule has 0 aliphatic rings. The first kappa shape index (κ1) is 18.9. The first-order valence-corrected chi connectivity index (χ1v) is 8.81. The minimum absolute atomic E-state index is 0.193. The quantitative estimate of drug-likeness (QED) is 0.399. The third-order valence-corrected chi connectivity index (χ3v) is 4.28. The number of amides is 2. The molecule has 0 bridgehead atoms. The van der Waals surface area contributed by atoms with Crippen LogP contribution in [0.15, 0.2) is 35.7 Å². The van der Waals surface area contributed by atoms with Gasteiger partial charge in [0.2, 0.25) is 0 Å². The van der Waals surface area contributed by atoms with Crippen molar-refractivity contribution in [3.05, 3.63) is 52.0 Å². The van der Waals surface area contributed by atoms with Crippen molar-refractivity contribution in [1.82, 2.24) is 15.7 Å². The van der Waals surface area contributed by atoms with Crippen LogP contribution in [0.5, 0.6) is 0 Å². The van der Waals surface area contributed by atoms with Crippen molar-refractivity contribution >= 4 is 23.3 Å². The number of nitrogens with zero attached hydrogens (tertiary/aromatic N) is 1. The lowest BCUT2D eigenvalue weighted by molar-refractivity contribution is 0.0953. The Bertz CT molecular complexity index is 703. The summed E-state index contributed by atoms with van der Waals surface area (Å²) in [6.45, 7) is 4.28. The van der Waals surface area contributed by atoms with Gasteiger partial charge in [-0.2, -0.15) is 0 Å². The number of nitrogens with two attached hydrogens (primary N) is 1. The van der Waals surface area contributed by atoms with Crippen LogP contribution in [-0.4, -0.2) is 17.0 Å². The number of carbonyl (C=O) groups is 2. The van der Waals surface area contributed by atoms with E-state index in [4.69, 9.17) is 10.6 Å². The third-order valence-electron chi connectivity index (χ3n) is 3.42. The number of hydrogen-bond donors (Lipinski definition) is 3. The zero-order valence-corrected chi connectivity index (χ0v) is 15.0. The van der Waals surface area contributed by atoms with Crippen molar-refractivity contribution in [2.24, 2.45) is 11.8 Å². The lowest BCUT2D eigenvalue weighted by Crippen LogP contribution is -2.31. The first-order valence-electron chi connectivity index (χ1n) is 7.93. The van der Waals surface area contributed by atoms with Crippen LogP contribution in [0.4, 0.5) is 4.79 Å². The van der Waals surface area contributed by atoms with E-state index in [1.54, 1.807) is 5.38 Å². The predicted octanol–water partition coefficient (Wildman–Crippen LogP) is 2.76. The Labute approximate surface area is 150 Å². The highest BCUT2D eigenvalue weighted by Crippen LogP contribution is 2.23. The Morgan fingerprint density at radius 2 is 2.00 bits per heavy atom. The van der Waals surface area contributed by atoms with Crippen LogP contribution < -0.4 is 16.6 Å². The van der Waals surface area contributed by atoms with Crippen molar-refractivity contribution in [3.63, 3.8) is 0 Å². The molecule has 0 radical (unpaired) electrons. The summed E-state index contributed by atoms with van der Waals surface area (Å²) < 4.78 is 5.26. The normalized spacial score (nSPS) is 11.8. The van der Waals surface area contributed by atoms with E-state index >= 15 is 0 Å². The number of rotatable bonds is 7. The Hall–Kier alpha value is -2.45. The number of nitrogens with one attached hydrogen (secondary N) is 2.